The Morgan fingerprint density at radius 1 is 1.08 bits per heavy atom. The van der Waals surface area contributed by atoms with Gasteiger partial charge in [-0.05, 0) is 36.4 Å². The molecule has 3 aromatic rings. The van der Waals surface area contributed by atoms with E-state index in [1.54, 1.807) is 50.6 Å². The van der Waals surface area contributed by atoms with E-state index in [1.807, 2.05) is 6.07 Å². The lowest BCUT2D eigenvalue weighted by atomic mass is 10.1. The highest BCUT2D eigenvalue weighted by molar-refractivity contribution is 5.75. The zero-order valence-electron chi connectivity index (χ0n) is 14.3. The fourth-order valence-corrected chi connectivity index (χ4v) is 2.36. The molecule has 0 aliphatic rings. The first-order valence-corrected chi connectivity index (χ1v) is 7.69. The third-order valence-electron chi connectivity index (χ3n) is 3.56. The number of methoxy groups -OCH3 is 2. The van der Waals surface area contributed by atoms with Crippen LogP contribution < -0.4 is 19.9 Å². The van der Waals surface area contributed by atoms with Crippen molar-refractivity contribution in [3.8, 4) is 40.1 Å². The Kier molecular flexibility index (Phi) is 5.02. The van der Waals surface area contributed by atoms with Gasteiger partial charge < -0.3 is 24.5 Å². The Bertz CT molecular complexity index is 883. The third-order valence-corrected chi connectivity index (χ3v) is 3.56. The molecule has 0 unspecified atom stereocenters. The maximum atomic E-state index is 10.7. The third kappa shape index (κ3) is 3.59. The molecule has 26 heavy (non-hydrogen) atoms. The Balaban J connectivity index is 1.88. The molecule has 0 atom stereocenters. The van der Waals surface area contributed by atoms with Crippen LogP contribution in [0.15, 0.2) is 47.0 Å². The highest BCUT2D eigenvalue weighted by Crippen LogP contribution is 2.37. The number of nitrogens with zero attached hydrogens (tertiary/aromatic N) is 2. The molecule has 2 N–H and O–H groups in total. The Morgan fingerprint density at radius 3 is 2.31 bits per heavy atom. The fourth-order valence-electron chi connectivity index (χ4n) is 2.36. The fraction of sp³-hybridized carbons (Fsp3) is 0.167. The van der Waals surface area contributed by atoms with Crippen LogP contribution in [0.4, 0.5) is 0 Å². The van der Waals surface area contributed by atoms with Crippen molar-refractivity contribution in [2.24, 2.45) is 5.73 Å². The largest absolute Gasteiger partial charge is 0.496 e. The summed E-state index contributed by atoms with van der Waals surface area (Å²) < 4.78 is 21.3. The second-order valence-electron chi connectivity index (χ2n) is 5.24. The maximum Gasteiger partial charge on any atom is 0.265 e. The van der Waals surface area contributed by atoms with Gasteiger partial charge in [0.2, 0.25) is 5.82 Å². The first-order chi connectivity index (χ1) is 12.6. The SMILES string of the molecule is COc1cccc(OC)c1-c1nc(-c2ccc(OCC(N)=O)cc2)no1. The topological polar surface area (TPSA) is 110 Å². The number of carbonyl (C=O) groups excluding carboxylic acids is 1. The summed E-state index contributed by atoms with van der Waals surface area (Å²) in [5, 5.41) is 4.01. The second kappa shape index (κ2) is 7.56. The molecule has 3 rings (SSSR count). The van der Waals surface area contributed by atoms with Gasteiger partial charge in [-0.15, -0.1) is 0 Å². The number of hydrogen-bond acceptors (Lipinski definition) is 7. The summed E-state index contributed by atoms with van der Waals surface area (Å²) in [5.41, 5.74) is 6.35. The number of ether oxygens (including phenoxy) is 3. The molecule has 0 saturated carbocycles. The van der Waals surface area contributed by atoms with E-state index in [0.717, 1.165) is 5.56 Å². The van der Waals surface area contributed by atoms with Crippen molar-refractivity contribution >= 4 is 5.91 Å². The average Bonchev–Trinajstić information content (AvgIpc) is 3.15. The van der Waals surface area contributed by atoms with E-state index in [4.69, 9.17) is 24.5 Å². The zero-order chi connectivity index (χ0) is 18.5. The molecule has 0 bridgehead atoms. The lowest BCUT2D eigenvalue weighted by Gasteiger charge is -2.09. The average molecular weight is 355 g/mol. The van der Waals surface area contributed by atoms with Gasteiger partial charge in [0.25, 0.3) is 11.8 Å². The minimum Gasteiger partial charge on any atom is -0.496 e. The summed E-state index contributed by atoms with van der Waals surface area (Å²) in [6.45, 7) is -0.181. The molecule has 1 heterocycles. The summed E-state index contributed by atoms with van der Waals surface area (Å²) in [5.74, 6) is 1.78. The van der Waals surface area contributed by atoms with Crippen LogP contribution in [0.3, 0.4) is 0 Å². The van der Waals surface area contributed by atoms with Crippen LogP contribution >= 0.6 is 0 Å². The number of aromatic nitrogens is 2. The van der Waals surface area contributed by atoms with E-state index >= 15 is 0 Å². The monoisotopic (exact) mass is 355 g/mol. The number of primary amides is 1. The first kappa shape index (κ1) is 17.3. The van der Waals surface area contributed by atoms with Crippen LogP contribution in [0.25, 0.3) is 22.8 Å². The summed E-state index contributed by atoms with van der Waals surface area (Å²) in [4.78, 5) is 15.2. The highest BCUT2D eigenvalue weighted by Gasteiger charge is 2.19. The van der Waals surface area contributed by atoms with Gasteiger partial charge in [0.1, 0.15) is 22.8 Å². The molecule has 1 amide bonds. The molecular formula is C18H17N3O5. The summed E-state index contributed by atoms with van der Waals surface area (Å²) in [6.07, 6.45) is 0. The molecule has 0 aliphatic heterocycles. The molecule has 0 saturated heterocycles. The summed E-state index contributed by atoms with van der Waals surface area (Å²) in [6, 6.07) is 12.3. The molecule has 8 nitrogen and oxygen atoms in total. The number of benzene rings is 2. The van der Waals surface area contributed by atoms with Gasteiger partial charge in [-0.3, -0.25) is 4.79 Å². The lowest BCUT2D eigenvalue weighted by molar-refractivity contribution is -0.119. The molecule has 1 aromatic heterocycles. The number of hydrogen-bond donors (Lipinski definition) is 1. The summed E-state index contributed by atoms with van der Waals surface area (Å²) in [7, 11) is 3.11. The maximum absolute atomic E-state index is 10.7. The van der Waals surface area contributed by atoms with Gasteiger partial charge in [-0.2, -0.15) is 4.98 Å². The second-order valence-corrected chi connectivity index (χ2v) is 5.24. The standard InChI is InChI=1S/C18H17N3O5/c1-23-13-4-3-5-14(24-2)16(13)18-20-17(21-26-18)11-6-8-12(9-7-11)25-10-15(19)22/h3-9H,10H2,1-2H3,(H2,19,22). The Labute approximate surface area is 149 Å². The van der Waals surface area contributed by atoms with Crippen LogP contribution in [0.2, 0.25) is 0 Å². The van der Waals surface area contributed by atoms with Crippen LogP contribution in [0, 0.1) is 0 Å². The van der Waals surface area contributed by atoms with Crippen LogP contribution in [-0.2, 0) is 4.79 Å². The Morgan fingerprint density at radius 2 is 1.73 bits per heavy atom. The van der Waals surface area contributed by atoms with Crippen molar-refractivity contribution in [2.75, 3.05) is 20.8 Å². The molecule has 134 valence electrons. The quantitative estimate of drug-likeness (QED) is 0.692. The molecular weight excluding hydrogens is 338 g/mol. The smallest absolute Gasteiger partial charge is 0.265 e. The van der Waals surface area contributed by atoms with Gasteiger partial charge in [0.05, 0.1) is 14.2 Å². The van der Waals surface area contributed by atoms with Crippen molar-refractivity contribution in [3.05, 3.63) is 42.5 Å². The van der Waals surface area contributed by atoms with Gasteiger partial charge in [-0.25, -0.2) is 0 Å². The lowest BCUT2D eigenvalue weighted by Crippen LogP contribution is -2.19. The minimum atomic E-state index is -0.539. The van der Waals surface area contributed by atoms with Crippen molar-refractivity contribution in [2.45, 2.75) is 0 Å². The minimum absolute atomic E-state index is 0.181. The van der Waals surface area contributed by atoms with E-state index in [-0.39, 0.29) is 12.5 Å². The summed E-state index contributed by atoms with van der Waals surface area (Å²) >= 11 is 0. The van der Waals surface area contributed by atoms with Gasteiger partial charge in [0.15, 0.2) is 6.61 Å². The van der Waals surface area contributed by atoms with Gasteiger partial charge in [0, 0.05) is 5.56 Å². The molecule has 0 spiro atoms. The van der Waals surface area contributed by atoms with Gasteiger partial charge >= 0.3 is 0 Å². The van der Waals surface area contributed by atoms with E-state index < -0.39 is 5.91 Å². The first-order valence-electron chi connectivity index (χ1n) is 7.69. The van der Waals surface area contributed by atoms with E-state index in [1.165, 1.54) is 0 Å². The number of amides is 1. The molecule has 8 heteroatoms. The van der Waals surface area contributed by atoms with Crippen molar-refractivity contribution in [1.29, 1.82) is 0 Å². The number of rotatable bonds is 7. The van der Waals surface area contributed by atoms with Crippen LogP contribution in [0.5, 0.6) is 17.2 Å². The van der Waals surface area contributed by atoms with Crippen molar-refractivity contribution in [1.82, 2.24) is 10.1 Å². The van der Waals surface area contributed by atoms with Crippen molar-refractivity contribution < 1.29 is 23.5 Å². The molecule has 2 aromatic carbocycles. The predicted molar refractivity (Wildman–Crippen MR) is 93.0 cm³/mol. The van der Waals surface area contributed by atoms with E-state index in [0.29, 0.717) is 28.6 Å². The zero-order valence-corrected chi connectivity index (χ0v) is 14.3. The molecule has 0 aliphatic carbocycles. The van der Waals surface area contributed by atoms with Gasteiger partial charge in [-0.1, -0.05) is 11.2 Å². The highest BCUT2D eigenvalue weighted by atomic mass is 16.5. The molecule has 0 fully saturated rings. The van der Waals surface area contributed by atoms with E-state index in [9.17, 15) is 4.79 Å². The van der Waals surface area contributed by atoms with Crippen LogP contribution in [-0.4, -0.2) is 36.9 Å². The number of carbonyl (C=O) groups is 1. The normalized spacial score (nSPS) is 10.4. The number of nitrogens with two attached hydrogens (primary N) is 1. The predicted octanol–water partition coefficient (Wildman–Crippen LogP) is 2.28. The van der Waals surface area contributed by atoms with Crippen molar-refractivity contribution in [3.63, 3.8) is 0 Å². The molecule has 0 radical (unpaired) electrons. The van der Waals surface area contributed by atoms with Crippen LogP contribution in [0.1, 0.15) is 0 Å². The Hall–Kier alpha value is -3.55. The van der Waals surface area contributed by atoms with E-state index in [2.05, 4.69) is 10.1 Å².